The average molecular weight is 369 g/mol. The zero-order valence-corrected chi connectivity index (χ0v) is 15.8. The van der Waals surface area contributed by atoms with Gasteiger partial charge in [-0.25, -0.2) is 0 Å². The number of hydrogen-bond acceptors (Lipinski definition) is 6. The number of benzene rings is 2. The Hall–Kier alpha value is -2.60. The monoisotopic (exact) mass is 369 g/mol. The Morgan fingerprint density at radius 2 is 1.70 bits per heavy atom. The molecule has 1 atom stereocenters. The number of ether oxygens (including phenoxy) is 5. The highest BCUT2D eigenvalue weighted by Gasteiger charge is 2.38. The van der Waals surface area contributed by atoms with Gasteiger partial charge in [-0.05, 0) is 47.7 Å². The number of methoxy groups -OCH3 is 3. The summed E-state index contributed by atoms with van der Waals surface area (Å²) in [7, 11) is 5.07. The molecule has 3 aliphatic heterocycles. The van der Waals surface area contributed by atoms with E-state index in [-0.39, 0.29) is 12.8 Å². The van der Waals surface area contributed by atoms with Crippen LogP contribution in [0, 0.1) is 0 Å². The van der Waals surface area contributed by atoms with Crippen LogP contribution in [-0.4, -0.2) is 39.6 Å². The smallest absolute Gasteiger partial charge is 0.231 e. The summed E-state index contributed by atoms with van der Waals surface area (Å²) < 4.78 is 28.1. The van der Waals surface area contributed by atoms with Crippen LogP contribution in [0.2, 0.25) is 0 Å². The molecule has 0 unspecified atom stereocenters. The molecule has 0 N–H and O–H groups in total. The average Bonchev–Trinajstić information content (AvgIpc) is 3.17. The molecule has 0 fully saturated rings. The molecule has 0 aliphatic carbocycles. The molecule has 0 aromatic heterocycles. The van der Waals surface area contributed by atoms with E-state index in [0.717, 1.165) is 54.7 Å². The molecular weight excluding hydrogens is 346 g/mol. The molecule has 5 rings (SSSR count). The van der Waals surface area contributed by atoms with Crippen molar-refractivity contribution in [2.24, 2.45) is 0 Å². The lowest BCUT2D eigenvalue weighted by atomic mass is 9.83. The molecule has 142 valence electrons. The molecule has 0 saturated heterocycles. The lowest BCUT2D eigenvalue weighted by Gasteiger charge is -2.42. The van der Waals surface area contributed by atoms with Gasteiger partial charge < -0.3 is 23.7 Å². The maximum atomic E-state index is 5.80. The molecule has 0 radical (unpaired) electrons. The van der Waals surface area contributed by atoms with Crippen molar-refractivity contribution in [3.8, 4) is 28.7 Å². The second kappa shape index (κ2) is 6.23. The van der Waals surface area contributed by atoms with E-state index in [9.17, 15) is 0 Å². The molecule has 3 heterocycles. The molecule has 0 bridgehead atoms. The van der Waals surface area contributed by atoms with Gasteiger partial charge in [0.2, 0.25) is 12.5 Å². The maximum absolute atomic E-state index is 5.80. The first-order chi connectivity index (χ1) is 13.2. The van der Waals surface area contributed by atoms with Crippen molar-refractivity contribution in [1.82, 2.24) is 4.90 Å². The summed E-state index contributed by atoms with van der Waals surface area (Å²) in [6.45, 7) is 2.15. The Morgan fingerprint density at radius 1 is 0.926 bits per heavy atom. The van der Waals surface area contributed by atoms with Crippen molar-refractivity contribution in [2.75, 3.05) is 34.7 Å². The van der Waals surface area contributed by atoms with E-state index in [4.69, 9.17) is 23.7 Å². The van der Waals surface area contributed by atoms with Crippen molar-refractivity contribution in [3.05, 3.63) is 40.5 Å². The predicted octanol–water partition coefficient (Wildman–Crippen LogP) is 3.10. The van der Waals surface area contributed by atoms with E-state index in [0.29, 0.717) is 0 Å². The molecule has 2 aromatic rings. The van der Waals surface area contributed by atoms with Gasteiger partial charge in [-0.15, -0.1) is 0 Å². The first kappa shape index (κ1) is 16.6. The van der Waals surface area contributed by atoms with Crippen molar-refractivity contribution in [2.45, 2.75) is 25.4 Å². The molecule has 0 amide bonds. The van der Waals surface area contributed by atoms with Gasteiger partial charge in [0.1, 0.15) is 0 Å². The summed E-state index contributed by atoms with van der Waals surface area (Å²) >= 11 is 0. The van der Waals surface area contributed by atoms with Crippen molar-refractivity contribution >= 4 is 0 Å². The lowest BCUT2D eigenvalue weighted by Crippen LogP contribution is -2.39. The van der Waals surface area contributed by atoms with E-state index < -0.39 is 0 Å². The van der Waals surface area contributed by atoms with Crippen LogP contribution < -0.4 is 23.7 Å². The molecule has 6 heteroatoms. The van der Waals surface area contributed by atoms with E-state index in [1.807, 2.05) is 0 Å². The van der Waals surface area contributed by atoms with Crippen LogP contribution in [0.4, 0.5) is 0 Å². The quantitative estimate of drug-likeness (QED) is 0.829. The second-order valence-electron chi connectivity index (χ2n) is 7.13. The van der Waals surface area contributed by atoms with Crippen molar-refractivity contribution in [1.29, 1.82) is 0 Å². The fourth-order valence-electron chi connectivity index (χ4n) is 4.60. The minimum absolute atomic E-state index is 0.253. The topological polar surface area (TPSA) is 49.4 Å². The van der Waals surface area contributed by atoms with E-state index in [1.54, 1.807) is 21.3 Å². The Balaban J connectivity index is 1.61. The van der Waals surface area contributed by atoms with Crippen LogP contribution in [0.15, 0.2) is 18.2 Å². The molecule has 27 heavy (non-hydrogen) atoms. The standard InChI is InChI=1S/C21H23NO5/c1-23-16-8-13-6-15-19-12(7-18-20(21(19)25-3)27-11-26-18)4-5-22(15)10-14(13)9-17(16)24-2/h7-9,15H,4-6,10-11H2,1-3H3/t15-/m0/s1. The van der Waals surface area contributed by atoms with Crippen molar-refractivity contribution in [3.63, 3.8) is 0 Å². The van der Waals surface area contributed by atoms with Gasteiger partial charge in [-0.2, -0.15) is 0 Å². The highest BCUT2D eigenvalue weighted by molar-refractivity contribution is 5.62. The highest BCUT2D eigenvalue weighted by Crippen LogP contribution is 2.51. The Morgan fingerprint density at radius 3 is 2.44 bits per heavy atom. The molecule has 0 spiro atoms. The summed E-state index contributed by atoms with van der Waals surface area (Å²) in [5.41, 5.74) is 5.11. The lowest BCUT2D eigenvalue weighted by molar-refractivity contribution is 0.155. The zero-order valence-electron chi connectivity index (χ0n) is 15.8. The van der Waals surface area contributed by atoms with Crippen LogP contribution in [0.25, 0.3) is 0 Å². The first-order valence-electron chi connectivity index (χ1n) is 9.20. The SMILES string of the molecule is COc1cc2c(cc1OC)CN1CCc3cc4c(c(OC)c3[C@@H]1C2)OCO4. The highest BCUT2D eigenvalue weighted by atomic mass is 16.7. The Bertz CT molecular complexity index is 910. The third kappa shape index (κ3) is 2.43. The summed E-state index contributed by atoms with van der Waals surface area (Å²) in [5, 5.41) is 0. The number of rotatable bonds is 3. The molecule has 0 saturated carbocycles. The molecule has 6 nitrogen and oxygen atoms in total. The van der Waals surface area contributed by atoms with Gasteiger partial charge in [-0.1, -0.05) is 0 Å². The van der Waals surface area contributed by atoms with Crippen LogP contribution in [0.5, 0.6) is 28.7 Å². The molecule has 3 aliphatic rings. The minimum Gasteiger partial charge on any atom is -0.493 e. The number of hydrogen-bond donors (Lipinski definition) is 0. The van der Waals surface area contributed by atoms with Gasteiger partial charge in [0.25, 0.3) is 0 Å². The van der Waals surface area contributed by atoms with Gasteiger partial charge >= 0.3 is 0 Å². The zero-order chi connectivity index (χ0) is 18.5. The second-order valence-corrected chi connectivity index (χ2v) is 7.13. The third-order valence-electron chi connectivity index (χ3n) is 5.88. The normalized spacial score (nSPS) is 19.7. The van der Waals surface area contributed by atoms with Crippen LogP contribution in [0.3, 0.4) is 0 Å². The summed E-state index contributed by atoms with van der Waals surface area (Å²) in [6, 6.07) is 6.60. The minimum atomic E-state index is 0.253. The molecule has 2 aromatic carbocycles. The Kier molecular flexibility index (Phi) is 3.82. The maximum Gasteiger partial charge on any atom is 0.231 e. The van der Waals surface area contributed by atoms with Gasteiger partial charge in [0, 0.05) is 24.7 Å². The summed E-state index contributed by atoms with van der Waals surface area (Å²) in [4.78, 5) is 2.52. The van der Waals surface area contributed by atoms with Gasteiger partial charge in [0.15, 0.2) is 23.0 Å². The number of nitrogens with zero attached hydrogens (tertiary/aromatic N) is 1. The summed E-state index contributed by atoms with van der Waals surface area (Å²) in [6.07, 6.45) is 1.88. The predicted molar refractivity (Wildman–Crippen MR) is 99.2 cm³/mol. The first-order valence-corrected chi connectivity index (χ1v) is 9.20. The third-order valence-corrected chi connectivity index (χ3v) is 5.88. The van der Waals surface area contributed by atoms with Crippen LogP contribution in [0.1, 0.15) is 28.3 Å². The largest absolute Gasteiger partial charge is 0.493 e. The van der Waals surface area contributed by atoms with Crippen LogP contribution in [-0.2, 0) is 19.4 Å². The van der Waals surface area contributed by atoms with Crippen molar-refractivity contribution < 1.29 is 23.7 Å². The van der Waals surface area contributed by atoms with Crippen LogP contribution >= 0.6 is 0 Å². The number of fused-ring (bicyclic) bond motifs is 5. The van der Waals surface area contributed by atoms with Gasteiger partial charge in [0.05, 0.1) is 21.3 Å². The van der Waals surface area contributed by atoms with E-state index >= 15 is 0 Å². The van der Waals surface area contributed by atoms with Gasteiger partial charge in [-0.3, -0.25) is 4.90 Å². The van der Waals surface area contributed by atoms with E-state index in [2.05, 4.69) is 23.1 Å². The Labute approximate surface area is 158 Å². The fourth-order valence-corrected chi connectivity index (χ4v) is 4.60. The summed E-state index contributed by atoms with van der Waals surface area (Å²) in [5.74, 6) is 3.91. The fraction of sp³-hybridized carbons (Fsp3) is 0.429. The van der Waals surface area contributed by atoms with E-state index in [1.165, 1.54) is 22.3 Å². The molecular formula is C21H23NO5.